The Bertz CT molecular complexity index is 843. The Labute approximate surface area is 210 Å². The summed E-state index contributed by atoms with van der Waals surface area (Å²) in [5.41, 5.74) is 2.79. The second-order valence-corrected chi connectivity index (χ2v) is 13.8. The van der Waals surface area contributed by atoms with Crippen molar-refractivity contribution in [2.45, 2.75) is 103 Å². The van der Waals surface area contributed by atoms with Crippen LogP contribution in [-0.4, -0.2) is 10.2 Å². The molecule has 0 aliphatic rings. The van der Waals surface area contributed by atoms with E-state index in [2.05, 4.69) is 81.4 Å². The molecular weight excluding hydrogens is 459 g/mol. The second kappa shape index (κ2) is 10.0. The topological polar surface area (TPSA) is 40.5 Å². The van der Waals surface area contributed by atoms with Crippen molar-refractivity contribution < 1.29 is 27.0 Å². The van der Waals surface area contributed by atoms with Gasteiger partial charge in [-0.3, -0.25) is 0 Å². The molecule has 0 aromatic heterocycles. The summed E-state index contributed by atoms with van der Waals surface area (Å²) in [5.74, 6) is 0.498. The molecule has 2 rings (SSSR count). The Morgan fingerprint density at radius 2 is 0.906 bits per heavy atom. The van der Waals surface area contributed by atoms with Gasteiger partial charge in [0.2, 0.25) is 0 Å². The molecule has 0 aliphatic heterocycles. The van der Waals surface area contributed by atoms with Crippen LogP contribution in [0.15, 0.2) is 46.2 Å². The monoisotopic (exact) mass is 501 g/mol. The number of aromatic hydroxyl groups is 2. The van der Waals surface area contributed by atoms with Gasteiger partial charge in [0.25, 0.3) is 0 Å². The van der Waals surface area contributed by atoms with Crippen molar-refractivity contribution in [1.82, 2.24) is 0 Å². The van der Waals surface area contributed by atoms with Crippen LogP contribution in [0.5, 0.6) is 11.5 Å². The first-order valence-corrected chi connectivity index (χ1v) is 12.1. The molecule has 2 aromatic rings. The Morgan fingerprint density at radius 1 is 0.594 bits per heavy atom. The molecule has 179 valence electrons. The van der Waals surface area contributed by atoms with Crippen molar-refractivity contribution >= 4 is 11.8 Å². The molecule has 0 spiro atoms. The van der Waals surface area contributed by atoms with Crippen LogP contribution in [-0.2, 0) is 27.6 Å². The summed E-state index contributed by atoms with van der Waals surface area (Å²) in [6.07, 6.45) is 2.08. The summed E-state index contributed by atoms with van der Waals surface area (Å²) < 4.78 is 0. The van der Waals surface area contributed by atoms with Crippen LogP contribution in [0.25, 0.3) is 0 Å². The molecule has 0 unspecified atom stereocenters. The first-order chi connectivity index (χ1) is 13.9. The van der Waals surface area contributed by atoms with Gasteiger partial charge in [-0.1, -0.05) is 93.1 Å². The standard InChI is InChI=1S/C28H42O2S.Co/c1-25(2,3)17-27(7,8)19-11-13-21(29)23(15-19)31-24-16-20(12-14-22(24)30)28(9,10)18-26(4,5)6;/h11-16,29-30H,17-18H2,1-10H3;/q;+2. The van der Waals surface area contributed by atoms with Crippen LogP contribution in [0, 0.1) is 10.8 Å². The van der Waals surface area contributed by atoms with E-state index < -0.39 is 0 Å². The molecule has 0 saturated heterocycles. The minimum Gasteiger partial charge on any atom is -0.507 e. The predicted octanol–water partition coefficient (Wildman–Crippen LogP) is 8.67. The molecule has 0 amide bonds. The summed E-state index contributed by atoms with van der Waals surface area (Å²) in [6, 6.07) is 11.8. The van der Waals surface area contributed by atoms with Gasteiger partial charge in [0.05, 0.1) is 9.79 Å². The molecule has 0 fully saturated rings. The molecule has 0 atom stereocenters. The molecule has 4 heteroatoms. The van der Waals surface area contributed by atoms with Gasteiger partial charge in [-0.05, 0) is 69.9 Å². The molecule has 1 radical (unpaired) electrons. The average Bonchev–Trinajstić information content (AvgIpc) is 2.54. The maximum absolute atomic E-state index is 10.6. The number of hydrogen-bond donors (Lipinski definition) is 2. The van der Waals surface area contributed by atoms with Gasteiger partial charge in [-0.2, -0.15) is 0 Å². The van der Waals surface area contributed by atoms with Gasteiger partial charge >= 0.3 is 16.8 Å². The van der Waals surface area contributed by atoms with Crippen LogP contribution < -0.4 is 0 Å². The number of benzene rings is 2. The van der Waals surface area contributed by atoms with E-state index >= 15 is 0 Å². The zero-order chi connectivity index (χ0) is 23.8. The summed E-state index contributed by atoms with van der Waals surface area (Å²) in [5, 5.41) is 21.1. The molecule has 2 nitrogen and oxygen atoms in total. The van der Waals surface area contributed by atoms with E-state index in [4.69, 9.17) is 0 Å². The van der Waals surface area contributed by atoms with Crippen LogP contribution >= 0.6 is 11.8 Å². The molecule has 0 aliphatic carbocycles. The third kappa shape index (κ3) is 8.04. The molecular formula is C28H42CoO2S+2. The first kappa shape index (κ1) is 28.9. The zero-order valence-corrected chi connectivity index (χ0v) is 23.4. The fourth-order valence-corrected chi connectivity index (χ4v) is 5.96. The van der Waals surface area contributed by atoms with Crippen LogP contribution in [0.1, 0.15) is 93.2 Å². The summed E-state index contributed by atoms with van der Waals surface area (Å²) >= 11 is 1.44. The fourth-order valence-electron chi connectivity index (χ4n) is 5.01. The third-order valence-electron chi connectivity index (χ3n) is 5.65. The van der Waals surface area contributed by atoms with E-state index in [1.165, 1.54) is 22.9 Å². The van der Waals surface area contributed by atoms with E-state index in [9.17, 15) is 10.2 Å². The van der Waals surface area contributed by atoms with Gasteiger partial charge in [-0.15, -0.1) is 0 Å². The third-order valence-corrected chi connectivity index (χ3v) is 6.74. The average molecular weight is 502 g/mol. The minimum atomic E-state index is -0.0140. The van der Waals surface area contributed by atoms with Crippen LogP contribution in [0.3, 0.4) is 0 Å². The van der Waals surface area contributed by atoms with Crippen LogP contribution in [0.4, 0.5) is 0 Å². The molecule has 32 heavy (non-hydrogen) atoms. The Hall–Kier alpha value is -1.10. The van der Waals surface area contributed by atoms with E-state index in [1.807, 2.05) is 12.1 Å². The molecule has 0 heterocycles. The van der Waals surface area contributed by atoms with Gasteiger partial charge in [0.15, 0.2) is 0 Å². The normalized spacial score (nSPS) is 13.1. The quantitative estimate of drug-likeness (QED) is 0.416. The van der Waals surface area contributed by atoms with Crippen molar-refractivity contribution in [2.24, 2.45) is 10.8 Å². The summed E-state index contributed by atoms with van der Waals surface area (Å²) in [6.45, 7) is 22.6. The maximum Gasteiger partial charge on any atom is 2.00 e. The SMILES string of the molecule is CC(C)(C)CC(C)(C)c1ccc(O)c(Sc2cc(C(C)(C)CC(C)(C)C)ccc2O)c1.[Co+2]. The summed E-state index contributed by atoms with van der Waals surface area (Å²) in [7, 11) is 0. The Balaban J connectivity index is 0.00000512. The first-order valence-electron chi connectivity index (χ1n) is 11.2. The molecule has 2 aromatic carbocycles. The second-order valence-electron chi connectivity index (χ2n) is 12.7. The Morgan fingerprint density at radius 3 is 1.19 bits per heavy atom. The summed E-state index contributed by atoms with van der Waals surface area (Å²) in [4.78, 5) is 1.56. The number of rotatable bonds is 6. The fraction of sp³-hybridized carbons (Fsp3) is 0.571. The van der Waals surface area contributed by atoms with E-state index in [0.717, 1.165) is 22.6 Å². The molecule has 0 saturated carbocycles. The van der Waals surface area contributed by atoms with E-state index in [0.29, 0.717) is 0 Å². The van der Waals surface area contributed by atoms with E-state index in [-0.39, 0.29) is 49.9 Å². The Kier molecular flexibility index (Phi) is 9.06. The van der Waals surface area contributed by atoms with Crippen molar-refractivity contribution in [2.75, 3.05) is 0 Å². The predicted molar refractivity (Wildman–Crippen MR) is 135 cm³/mol. The van der Waals surface area contributed by atoms with Crippen molar-refractivity contribution in [3.05, 3.63) is 47.5 Å². The largest absolute Gasteiger partial charge is 2.00 e. The minimum absolute atomic E-state index is 0. The van der Waals surface area contributed by atoms with Crippen molar-refractivity contribution in [3.8, 4) is 11.5 Å². The van der Waals surface area contributed by atoms with E-state index in [1.54, 1.807) is 12.1 Å². The van der Waals surface area contributed by atoms with Gasteiger partial charge in [0.1, 0.15) is 11.5 Å². The van der Waals surface area contributed by atoms with Crippen LogP contribution in [0.2, 0.25) is 0 Å². The molecule has 0 bridgehead atoms. The van der Waals surface area contributed by atoms with Gasteiger partial charge in [-0.25, -0.2) is 0 Å². The number of phenols is 2. The maximum atomic E-state index is 10.6. The van der Waals surface area contributed by atoms with Crippen molar-refractivity contribution in [1.29, 1.82) is 0 Å². The van der Waals surface area contributed by atoms with Crippen molar-refractivity contribution in [3.63, 3.8) is 0 Å². The smallest absolute Gasteiger partial charge is 0.507 e. The van der Waals surface area contributed by atoms with Gasteiger partial charge in [0, 0.05) is 0 Å². The molecule has 2 N–H and O–H groups in total. The zero-order valence-electron chi connectivity index (χ0n) is 21.5. The number of hydrogen-bond acceptors (Lipinski definition) is 3. The van der Waals surface area contributed by atoms with Gasteiger partial charge < -0.3 is 10.2 Å². The number of phenolic OH excluding ortho intramolecular Hbond substituents is 2.